The third kappa shape index (κ3) is 6.64. The van der Waals surface area contributed by atoms with Gasteiger partial charge in [0.25, 0.3) is 0 Å². The minimum atomic E-state index is -0.879. The van der Waals surface area contributed by atoms with Crippen LogP contribution in [0.25, 0.3) is 22.7 Å². The molecule has 2 saturated heterocycles. The normalized spacial score (nSPS) is 20.6. The van der Waals surface area contributed by atoms with Gasteiger partial charge in [-0.3, -0.25) is 19.6 Å². The van der Waals surface area contributed by atoms with Gasteiger partial charge in [0.05, 0.1) is 17.4 Å². The molecule has 0 radical (unpaired) electrons. The number of tetrazole rings is 1. The molecule has 5 aromatic rings. The van der Waals surface area contributed by atoms with Crippen molar-refractivity contribution in [2.45, 2.75) is 24.4 Å². The van der Waals surface area contributed by atoms with Gasteiger partial charge in [0.15, 0.2) is 0 Å². The smallest absolute Gasteiger partial charge is 0.247 e. The molecule has 0 aliphatic carbocycles. The number of hydrogen-bond acceptors (Lipinski definition) is 8. The molecule has 3 N–H and O–H groups in total. The molecule has 0 unspecified atom stereocenters. The average molecular weight is 655 g/mol. The average Bonchev–Trinajstić information content (AvgIpc) is 3.80. The molecule has 47 heavy (non-hydrogen) atoms. The minimum Gasteiger partial charge on any atom is -0.325 e. The van der Waals surface area contributed by atoms with E-state index in [4.69, 9.17) is 11.6 Å². The molecule has 2 aliphatic rings. The van der Waals surface area contributed by atoms with Crippen LogP contribution in [0.4, 0.5) is 10.1 Å². The number of halogens is 2. The van der Waals surface area contributed by atoms with Crippen molar-refractivity contribution < 1.29 is 14.0 Å². The molecule has 2 fully saturated rings. The fourth-order valence-corrected chi connectivity index (χ4v) is 6.76. The van der Waals surface area contributed by atoms with Gasteiger partial charge in [-0.05, 0) is 77.0 Å². The molecule has 14 heteroatoms. The van der Waals surface area contributed by atoms with Crippen LogP contribution in [0.1, 0.15) is 23.5 Å². The number of likely N-dealkylation sites (tertiary alicyclic amines) is 1. The highest BCUT2D eigenvalue weighted by Gasteiger charge is 2.44. The summed E-state index contributed by atoms with van der Waals surface area (Å²) in [4.78, 5) is 32.6. The maximum absolute atomic E-state index is 14.3. The number of fused-ring (bicyclic) bond motifs is 1. The quantitative estimate of drug-likeness (QED) is 0.226. The van der Waals surface area contributed by atoms with Crippen LogP contribution in [0.3, 0.4) is 0 Å². The van der Waals surface area contributed by atoms with Crippen LogP contribution in [-0.2, 0) is 9.59 Å². The number of amides is 2. The Hall–Kier alpha value is -4.98. The number of nitrogens with zero attached hydrogens (tertiary/aromatic N) is 7. The van der Waals surface area contributed by atoms with Gasteiger partial charge in [-0.1, -0.05) is 23.7 Å². The highest BCUT2D eigenvalue weighted by molar-refractivity contribution is 6.30. The zero-order valence-corrected chi connectivity index (χ0v) is 26.0. The number of piperidine rings is 1. The SMILES string of the molecule is O=C(Nc1ccc2[nH]ncc2c1)[C@H]1[C@@H](c2ccc(F)cc2)C[C@@H](N2CCNCC2)CN1C(=O)C=Cc1cc(Cl)ccc1-n1cnnn1. The molecule has 2 aromatic heterocycles. The Morgan fingerprint density at radius 2 is 1.87 bits per heavy atom. The van der Waals surface area contributed by atoms with Crippen molar-refractivity contribution >= 4 is 46.1 Å². The van der Waals surface area contributed by atoms with Crippen molar-refractivity contribution in [3.8, 4) is 5.69 Å². The van der Waals surface area contributed by atoms with Crippen molar-refractivity contribution in [1.29, 1.82) is 0 Å². The van der Waals surface area contributed by atoms with E-state index in [1.165, 1.54) is 29.2 Å². The molecular weight excluding hydrogens is 623 g/mol. The number of H-pyrrole nitrogens is 1. The number of rotatable bonds is 7. The molecule has 2 amide bonds. The van der Waals surface area contributed by atoms with E-state index in [2.05, 4.69) is 41.3 Å². The number of nitrogens with one attached hydrogen (secondary N) is 3. The standard InChI is InChI=1S/C33H32ClFN10O2/c34-24-4-9-30(45-20-38-41-42-45)22(15-24)3-10-31(46)44-19-27(43-13-11-36-12-14-43)17-28(21-1-5-25(35)6-2-21)32(44)33(47)39-26-7-8-29-23(16-26)18-37-40-29/h1-10,15-16,18,20,27-28,32,36H,11-14,17,19H2,(H,37,40)(H,39,47)/t27-,28-,32-/m1/s1. The predicted octanol–water partition coefficient (Wildman–Crippen LogP) is 3.64. The van der Waals surface area contributed by atoms with Gasteiger partial charge < -0.3 is 15.5 Å². The van der Waals surface area contributed by atoms with Gasteiger partial charge in [0, 0.05) is 72.4 Å². The Bertz CT molecular complexity index is 1910. The second-order valence-electron chi connectivity index (χ2n) is 11.7. The first-order valence-electron chi connectivity index (χ1n) is 15.4. The number of aromatic amines is 1. The molecule has 3 aromatic carbocycles. The van der Waals surface area contributed by atoms with Gasteiger partial charge in [-0.25, -0.2) is 4.39 Å². The Labute approximate surface area is 274 Å². The molecule has 0 bridgehead atoms. The van der Waals surface area contributed by atoms with E-state index in [0.717, 1.165) is 42.6 Å². The number of piperazine rings is 1. The number of anilines is 1. The molecule has 4 heterocycles. The van der Waals surface area contributed by atoms with E-state index in [1.54, 1.807) is 53.6 Å². The Morgan fingerprint density at radius 3 is 2.66 bits per heavy atom. The monoisotopic (exact) mass is 654 g/mol. The Morgan fingerprint density at radius 1 is 1.04 bits per heavy atom. The lowest BCUT2D eigenvalue weighted by Gasteiger charge is -2.47. The highest BCUT2D eigenvalue weighted by atomic mass is 35.5. The molecule has 3 atom stereocenters. The predicted molar refractivity (Wildman–Crippen MR) is 175 cm³/mol. The number of carbonyl (C=O) groups excluding carboxylic acids is 2. The summed E-state index contributed by atoms with van der Waals surface area (Å²) in [5.74, 6) is -1.44. The first-order valence-corrected chi connectivity index (χ1v) is 15.8. The number of carbonyl (C=O) groups is 2. The van der Waals surface area contributed by atoms with Gasteiger partial charge in [0.1, 0.15) is 18.2 Å². The van der Waals surface area contributed by atoms with Crippen molar-refractivity contribution in [3.63, 3.8) is 0 Å². The van der Waals surface area contributed by atoms with Gasteiger partial charge in [-0.2, -0.15) is 9.78 Å². The van der Waals surface area contributed by atoms with E-state index >= 15 is 0 Å². The van der Waals surface area contributed by atoms with Crippen LogP contribution in [0.5, 0.6) is 0 Å². The molecule has 2 aliphatic heterocycles. The Kier molecular flexibility index (Phi) is 8.74. The minimum absolute atomic E-state index is 0.0150. The maximum Gasteiger partial charge on any atom is 0.247 e. The summed E-state index contributed by atoms with van der Waals surface area (Å²) < 4.78 is 15.6. The Balaban J connectivity index is 1.26. The maximum atomic E-state index is 14.3. The van der Waals surface area contributed by atoms with E-state index in [-0.39, 0.29) is 23.7 Å². The summed E-state index contributed by atoms with van der Waals surface area (Å²) >= 11 is 6.33. The van der Waals surface area contributed by atoms with E-state index in [0.29, 0.717) is 34.9 Å². The van der Waals surface area contributed by atoms with E-state index in [9.17, 15) is 14.0 Å². The van der Waals surface area contributed by atoms with Crippen LogP contribution in [0.15, 0.2) is 79.3 Å². The number of hydrogen-bond donors (Lipinski definition) is 3. The third-order valence-electron chi connectivity index (χ3n) is 8.87. The van der Waals surface area contributed by atoms with E-state index < -0.39 is 12.0 Å². The van der Waals surface area contributed by atoms with Crippen LogP contribution in [-0.4, -0.2) is 96.8 Å². The van der Waals surface area contributed by atoms with Crippen LogP contribution >= 0.6 is 11.6 Å². The van der Waals surface area contributed by atoms with Gasteiger partial charge in [0.2, 0.25) is 11.8 Å². The highest BCUT2D eigenvalue weighted by Crippen LogP contribution is 2.36. The fourth-order valence-electron chi connectivity index (χ4n) is 6.58. The zero-order chi connectivity index (χ0) is 32.3. The first kappa shape index (κ1) is 30.7. The fraction of sp³-hybridized carbons (Fsp3) is 0.273. The third-order valence-corrected chi connectivity index (χ3v) is 9.10. The molecule has 7 rings (SSSR count). The van der Waals surface area contributed by atoms with Crippen LogP contribution in [0, 0.1) is 5.82 Å². The van der Waals surface area contributed by atoms with Crippen molar-refractivity contribution in [1.82, 2.24) is 45.5 Å². The van der Waals surface area contributed by atoms with Crippen LogP contribution in [0.2, 0.25) is 5.02 Å². The second kappa shape index (κ2) is 13.4. The lowest BCUT2D eigenvalue weighted by atomic mass is 9.80. The molecular formula is C33H32ClFN10O2. The van der Waals surface area contributed by atoms with Gasteiger partial charge >= 0.3 is 0 Å². The number of benzene rings is 3. The van der Waals surface area contributed by atoms with Crippen molar-refractivity contribution in [3.05, 3.63) is 101 Å². The first-order chi connectivity index (χ1) is 22.9. The number of aromatic nitrogens is 6. The lowest BCUT2D eigenvalue weighted by molar-refractivity contribution is -0.139. The van der Waals surface area contributed by atoms with Crippen LogP contribution < -0.4 is 10.6 Å². The topological polar surface area (TPSA) is 137 Å². The lowest BCUT2D eigenvalue weighted by Crippen LogP contribution is -2.61. The summed E-state index contributed by atoms with van der Waals surface area (Å²) in [6, 6.07) is 16.0. The van der Waals surface area contributed by atoms with Crippen molar-refractivity contribution in [2.24, 2.45) is 0 Å². The second-order valence-corrected chi connectivity index (χ2v) is 12.2. The zero-order valence-electron chi connectivity index (χ0n) is 25.3. The van der Waals surface area contributed by atoms with E-state index in [1.807, 2.05) is 12.1 Å². The molecule has 240 valence electrons. The molecule has 12 nitrogen and oxygen atoms in total. The summed E-state index contributed by atoms with van der Waals surface area (Å²) in [7, 11) is 0. The summed E-state index contributed by atoms with van der Waals surface area (Å²) in [5, 5.41) is 26.2. The summed E-state index contributed by atoms with van der Waals surface area (Å²) in [6.45, 7) is 3.65. The summed E-state index contributed by atoms with van der Waals surface area (Å²) in [6.07, 6.45) is 6.88. The summed E-state index contributed by atoms with van der Waals surface area (Å²) in [5.41, 5.74) is 3.47. The molecule has 0 spiro atoms. The van der Waals surface area contributed by atoms with Gasteiger partial charge in [-0.15, -0.1) is 5.10 Å². The molecule has 0 saturated carbocycles. The van der Waals surface area contributed by atoms with Crippen molar-refractivity contribution in [2.75, 3.05) is 38.0 Å². The largest absolute Gasteiger partial charge is 0.325 e.